The van der Waals surface area contributed by atoms with Gasteiger partial charge in [-0.2, -0.15) is 5.10 Å². The summed E-state index contributed by atoms with van der Waals surface area (Å²) in [4.78, 5) is 4.55. The highest BCUT2D eigenvalue weighted by atomic mass is 35.5. The molecule has 2 N–H and O–H groups in total. The van der Waals surface area contributed by atoms with Crippen LogP contribution in [0.1, 0.15) is 18.5 Å². The molecule has 0 fully saturated rings. The van der Waals surface area contributed by atoms with E-state index in [2.05, 4.69) is 19.9 Å². The van der Waals surface area contributed by atoms with Gasteiger partial charge >= 0.3 is 0 Å². The van der Waals surface area contributed by atoms with Crippen LogP contribution in [0.2, 0.25) is 5.15 Å². The van der Waals surface area contributed by atoms with Crippen LogP contribution >= 0.6 is 22.9 Å². The number of nitrogens with one attached hydrogen (secondary N) is 2. The fourth-order valence-corrected chi connectivity index (χ4v) is 4.52. The second-order valence-electron chi connectivity index (χ2n) is 4.14. The molecule has 3 aromatic heterocycles. The van der Waals surface area contributed by atoms with Crippen molar-refractivity contribution in [3.8, 4) is 0 Å². The Morgan fingerprint density at radius 1 is 1.55 bits per heavy atom. The summed E-state index contributed by atoms with van der Waals surface area (Å²) in [7, 11) is -3.79. The lowest BCUT2D eigenvalue weighted by molar-refractivity contribution is 0.562. The van der Waals surface area contributed by atoms with Gasteiger partial charge in [0, 0.05) is 29.4 Å². The van der Waals surface area contributed by atoms with E-state index in [-0.39, 0.29) is 10.2 Å². The minimum Gasteiger partial charge on any atom is -0.285 e. The van der Waals surface area contributed by atoms with Gasteiger partial charge in [-0.05, 0) is 6.92 Å². The van der Waals surface area contributed by atoms with Crippen molar-refractivity contribution < 1.29 is 8.42 Å². The number of sulfonamides is 1. The van der Waals surface area contributed by atoms with Gasteiger partial charge in [-0.15, -0.1) is 11.3 Å². The summed E-state index contributed by atoms with van der Waals surface area (Å²) in [5, 5.41) is 8.09. The van der Waals surface area contributed by atoms with Gasteiger partial charge in [-0.1, -0.05) is 11.6 Å². The van der Waals surface area contributed by atoms with E-state index in [4.69, 9.17) is 11.6 Å². The largest absolute Gasteiger partial charge is 0.285 e. The van der Waals surface area contributed by atoms with Gasteiger partial charge in [0.25, 0.3) is 10.0 Å². The average Bonchev–Trinajstić information content (AvgIpc) is 3.01. The normalized spacial score (nSPS) is 13.9. The number of rotatable bonds is 4. The van der Waals surface area contributed by atoms with Crippen LogP contribution in [0.4, 0.5) is 0 Å². The summed E-state index contributed by atoms with van der Waals surface area (Å²) in [6.45, 7) is 1.72. The molecule has 0 spiro atoms. The minimum absolute atomic E-state index is 0.0382. The van der Waals surface area contributed by atoms with Gasteiger partial charge < -0.3 is 0 Å². The number of H-pyrrole nitrogens is 1. The fourth-order valence-electron chi connectivity index (χ4n) is 1.83. The first kappa shape index (κ1) is 13.6. The Morgan fingerprint density at radius 2 is 2.35 bits per heavy atom. The average molecular weight is 332 g/mol. The topological polar surface area (TPSA) is 92.2 Å². The molecular weight excluding hydrogens is 322 g/mol. The van der Waals surface area contributed by atoms with Crippen LogP contribution in [0.15, 0.2) is 29.0 Å². The predicted octanol–water partition coefficient (Wildman–Crippen LogP) is 1.81. The number of nitrogens with zero attached hydrogens (tertiary/aromatic N) is 3. The monoisotopic (exact) mass is 331 g/mol. The molecule has 0 amide bonds. The van der Waals surface area contributed by atoms with E-state index in [9.17, 15) is 8.42 Å². The zero-order chi connectivity index (χ0) is 14.3. The smallest absolute Gasteiger partial charge is 0.260 e. The molecule has 1 atom stereocenters. The summed E-state index contributed by atoms with van der Waals surface area (Å²) in [5.41, 5.74) is 0.732. The predicted molar refractivity (Wildman–Crippen MR) is 75.4 cm³/mol. The number of hydrogen-bond acceptors (Lipinski definition) is 5. The molecule has 3 aromatic rings. The first-order chi connectivity index (χ1) is 9.49. The maximum Gasteiger partial charge on any atom is 0.260 e. The Balaban J connectivity index is 2.00. The van der Waals surface area contributed by atoms with Crippen LogP contribution in [0.25, 0.3) is 4.96 Å². The van der Waals surface area contributed by atoms with Gasteiger partial charge in [0.2, 0.25) is 0 Å². The molecule has 7 nitrogen and oxygen atoms in total. The summed E-state index contributed by atoms with van der Waals surface area (Å²) >= 11 is 7.25. The zero-order valence-electron chi connectivity index (χ0n) is 10.2. The van der Waals surface area contributed by atoms with Gasteiger partial charge in [0.05, 0.1) is 6.20 Å². The molecular formula is C10H10ClN5O2S2. The highest BCUT2D eigenvalue weighted by molar-refractivity contribution is 7.89. The quantitative estimate of drug-likeness (QED) is 0.762. The van der Waals surface area contributed by atoms with E-state index in [1.54, 1.807) is 30.9 Å². The first-order valence-electron chi connectivity index (χ1n) is 5.61. The van der Waals surface area contributed by atoms with E-state index in [1.807, 2.05) is 0 Å². The number of halogens is 1. The molecule has 0 saturated carbocycles. The highest BCUT2D eigenvalue weighted by Gasteiger charge is 2.27. The number of hydrogen-bond donors (Lipinski definition) is 2. The molecule has 3 heterocycles. The van der Waals surface area contributed by atoms with E-state index in [0.29, 0.717) is 4.96 Å². The maximum atomic E-state index is 12.4. The number of aromatic nitrogens is 4. The Bertz CT molecular complexity index is 836. The molecule has 0 aliphatic carbocycles. The molecule has 1 unspecified atom stereocenters. The standard InChI is InChI=1S/C10H10ClN5O2S2/c1-6(7-4-12-13-5-7)15-20(17,18)9-8(11)14-10-16(9)2-3-19-10/h2-6,15H,1H3,(H,12,13). The van der Waals surface area contributed by atoms with Crippen LogP contribution < -0.4 is 4.72 Å². The molecule has 0 aliphatic heterocycles. The lowest BCUT2D eigenvalue weighted by Gasteiger charge is -2.12. The molecule has 106 valence electrons. The Hall–Kier alpha value is -1.42. The van der Waals surface area contributed by atoms with Gasteiger partial charge in [-0.3, -0.25) is 9.50 Å². The molecule has 0 aliphatic rings. The first-order valence-corrected chi connectivity index (χ1v) is 8.35. The number of aromatic amines is 1. The van der Waals surface area contributed by atoms with Crippen molar-refractivity contribution in [2.75, 3.05) is 0 Å². The van der Waals surface area contributed by atoms with Crippen molar-refractivity contribution in [3.05, 3.63) is 34.7 Å². The van der Waals surface area contributed by atoms with E-state index in [1.165, 1.54) is 15.7 Å². The van der Waals surface area contributed by atoms with E-state index >= 15 is 0 Å². The molecule has 0 radical (unpaired) electrons. The van der Waals surface area contributed by atoms with Crippen LogP contribution in [0.5, 0.6) is 0 Å². The number of thiazole rings is 1. The molecule has 10 heteroatoms. The molecule has 3 rings (SSSR count). The Kier molecular flexibility index (Phi) is 3.28. The van der Waals surface area contributed by atoms with Crippen LogP contribution in [-0.2, 0) is 10.0 Å². The fraction of sp³-hybridized carbons (Fsp3) is 0.200. The van der Waals surface area contributed by atoms with Crippen molar-refractivity contribution in [3.63, 3.8) is 0 Å². The van der Waals surface area contributed by atoms with Gasteiger partial charge in [0.15, 0.2) is 15.1 Å². The third kappa shape index (κ3) is 2.22. The zero-order valence-corrected chi connectivity index (χ0v) is 12.6. The molecule has 0 bridgehead atoms. The van der Waals surface area contributed by atoms with Crippen LogP contribution in [0, 0.1) is 0 Å². The Morgan fingerprint density at radius 3 is 3.05 bits per heavy atom. The summed E-state index contributed by atoms with van der Waals surface area (Å²) in [6.07, 6.45) is 4.81. The van der Waals surface area contributed by atoms with Crippen LogP contribution in [0.3, 0.4) is 0 Å². The van der Waals surface area contributed by atoms with E-state index < -0.39 is 16.1 Å². The highest BCUT2D eigenvalue weighted by Crippen LogP contribution is 2.26. The van der Waals surface area contributed by atoms with Crippen molar-refractivity contribution in [1.29, 1.82) is 0 Å². The lowest BCUT2D eigenvalue weighted by Crippen LogP contribution is -2.27. The van der Waals surface area contributed by atoms with Crippen molar-refractivity contribution in [1.82, 2.24) is 24.3 Å². The molecule has 20 heavy (non-hydrogen) atoms. The number of imidazole rings is 1. The second-order valence-corrected chi connectivity index (χ2v) is 7.00. The van der Waals surface area contributed by atoms with Gasteiger partial charge in [0.1, 0.15) is 0 Å². The molecule has 0 saturated heterocycles. The second kappa shape index (κ2) is 4.85. The van der Waals surface area contributed by atoms with Crippen LogP contribution in [-0.4, -0.2) is 28.0 Å². The lowest BCUT2D eigenvalue weighted by atomic mass is 10.2. The number of fused-ring (bicyclic) bond motifs is 1. The Labute approximate surface area is 123 Å². The van der Waals surface area contributed by atoms with Gasteiger partial charge in [-0.25, -0.2) is 18.1 Å². The van der Waals surface area contributed by atoms with Crippen molar-refractivity contribution in [2.24, 2.45) is 0 Å². The summed E-state index contributed by atoms with van der Waals surface area (Å²) < 4.78 is 28.9. The third-order valence-electron chi connectivity index (χ3n) is 2.78. The third-order valence-corrected chi connectivity index (χ3v) is 5.48. The van der Waals surface area contributed by atoms with E-state index in [0.717, 1.165) is 5.56 Å². The molecule has 0 aromatic carbocycles. The summed E-state index contributed by atoms with van der Waals surface area (Å²) in [6, 6.07) is -0.431. The SMILES string of the molecule is CC(NS(=O)(=O)c1c(Cl)nc2sccn12)c1cn[nH]c1. The van der Waals surface area contributed by atoms with Crippen molar-refractivity contribution >= 4 is 37.9 Å². The van der Waals surface area contributed by atoms with Crippen molar-refractivity contribution in [2.45, 2.75) is 18.0 Å². The minimum atomic E-state index is -3.79. The summed E-state index contributed by atoms with van der Waals surface area (Å²) in [5.74, 6) is 0. The maximum absolute atomic E-state index is 12.4.